The number of fused-ring (bicyclic) bond motifs is 1. The summed E-state index contributed by atoms with van der Waals surface area (Å²) in [6.45, 7) is 5.13. The summed E-state index contributed by atoms with van der Waals surface area (Å²) < 4.78 is 42.7. The highest BCUT2D eigenvalue weighted by Crippen LogP contribution is 2.33. The Balaban J connectivity index is 0.000000672. The molecule has 1 saturated heterocycles. The lowest BCUT2D eigenvalue weighted by Gasteiger charge is -2.39. The van der Waals surface area contributed by atoms with Gasteiger partial charge in [0.25, 0.3) is 0 Å². The number of rotatable bonds is 11. The number of carbonyl (C=O) groups is 2. The first kappa shape index (κ1) is 38.9. The predicted molar refractivity (Wildman–Crippen MR) is 204 cm³/mol. The second kappa shape index (κ2) is 18.5. The maximum atomic E-state index is 14.0. The minimum atomic E-state index is -5.08. The number of para-hydroxylation sites is 1. The molecule has 2 amide bonds. The minimum Gasteiger partial charge on any atom is -0.475 e. The first-order chi connectivity index (χ1) is 26.6. The molecule has 0 radical (unpaired) electrons. The second-order valence-corrected chi connectivity index (χ2v) is 13.4. The number of urea groups is 1. The van der Waals surface area contributed by atoms with Gasteiger partial charge in [-0.2, -0.15) is 13.2 Å². The number of hydrogen-bond donors (Lipinski definition) is 3. The summed E-state index contributed by atoms with van der Waals surface area (Å²) >= 11 is 0. The van der Waals surface area contributed by atoms with Gasteiger partial charge in [0, 0.05) is 51.0 Å². The van der Waals surface area contributed by atoms with Gasteiger partial charge in [0.2, 0.25) is 6.79 Å². The van der Waals surface area contributed by atoms with Crippen LogP contribution in [0.4, 0.5) is 23.7 Å². The van der Waals surface area contributed by atoms with E-state index in [4.69, 9.17) is 19.4 Å². The summed E-state index contributed by atoms with van der Waals surface area (Å²) in [5.41, 5.74) is 7.92. The Morgan fingerprint density at radius 1 is 0.745 bits per heavy atom. The molecule has 2 aliphatic heterocycles. The van der Waals surface area contributed by atoms with Crippen LogP contribution in [0.3, 0.4) is 0 Å². The van der Waals surface area contributed by atoms with E-state index in [2.05, 4.69) is 105 Å². The molecule has 0 unspecified atom stereocenters. The number of nitrogens with zero attached hydrogens (tertiary/aromatic N) is 2. The third-order valence-corrected chi connectivity index (χ3v) is 9.47. The molecule has 5 aromatic rings. The largest absolute Gasteiger partial charge is 0.490 e. The molecule has 0 atom stereocenters. The molecular weight excluding hydrogens is 709 g/mol. The quantitative estimate of drug-likeness (QED) is 0.124. The van der Waals surface area contributed by atoms with E-state index in [1.54, 1.807) is 0 Å². The third-order valence-electron chi connectivity index (χ3n) is 9.47. The van der Waals surface area contributed by atoms with E-state index in [-0.39, 0.29) is 18.9 Å². The highest BCUT2D eigenvalue weighted by Gasteiger charge is 2.38. The molecule has 0 aromatic heterocycles. The van der Waals surface area contributed by atoms with Crippen molar-refractivity contribution in [3.05, 3.63) is 150 Å². The van der Waals surface area contributed by atoms with Gasteiger partial charge >= 0.3 is 18.2 Å². The van der Waals surface area contributed by atoms with Crippen LogP contribution in [-0.2, 0) is 31.0 Å². The molecule has 0 bridgehead atoms. The Morgan fingerprint density at radius 3 is 2.07 bits per heavy atom. The topological polar surface area (TPSA) is 103 Å². The highest BCUT2D eigenvalue weighted by molar-refractivity contribution is 5.89. The smallest absolute Gasteiger partial charge is 0.475 e. The third kappa shape index (κ3) is 11.1. The molecule has 2 heterocycles. The number of carbonyl (C=O) groups excluding carboxylic acids is 1. The van der Waals surface area contributed by atoms with E-state index in [9.17, 15) is 18.0 Å². The van der Waals surface area contributed by atoms with Crippen molar-refractivity contribution >= 4 is 17.7 Å². The molecular formula is C43H43F3N4O5. The van der Waals surface area contributed by atoms with Crippen LogP contribution >= 0.6 is 0 Å². The second-order valence-electron chi connectivity index (χ2n) is 13.4. The van der Waals surface area contributed by atoms with Gasteiger partial charge in [-0.05, 0) is 76.6 Å². The monoisotopic (exact) mass is 752 g/mol. The fraction of sp³-hybridized carbons (Fsp3) is 0.256. The summed E-state index contributed by atoms with van der Waals surface area (Å²) in [6, 6.07) is 43.7. The minimum absolute atomic E-state index is 0.0565. The number of amides is 2. The number of aliphatic carboxylic acids is 1. The molecule has 9 nitrogen and oxygen atoms in total. The van der Waals surface area contributed by atoms with Crippen LogP contribution in [0, 0.1) is 0 Å². The summed E-state index contributed by atoms with van der Waals surface area (Å²) in [6.07, 6.45) is -3.22. The van der Waals surface area contributed by atoms with E-state index < -0.39 is 12.1 Å². The summed E-state index contributed by atoms with van der Waals surface area (Å²) in [5.74, 6) is -1.15. The Hall–Kier alpha value is -5.85. The number of piperidine rings is 1. The van der Waals surface area contributed by atoms with Gasteiger partial charge in [0.05, 0.1) is 0 Å². The first-order valence-electron chi connectivity index (χ1n) is 18.1. The molecule has 7 rings (SSSR count). The van der Waals surface area contributed by atoms with Crippen LogP contribution < -0.4 is 20.1 Å². The summed E-state index contributed by atoms with van der Waals surface area (Å²) in [5, 5.41) is 13.9. The lowest BCUT2D eigenvalue weighted by molar-refractivity contribution is -0.192. The van der Waals surface area contributed by atoms with Crippen LogP contribution in [0.2, 0.25) is 0 Å². The van der Waals surface area contributed by atoms with Crippen molar-refractivity contribution in [3.63, 3.8) is 0 Å². The molecule has 0 spiro atoms. The average Bonchev–Trinajstić information content (AvgIpc) is 3.67. The molecule has 286 valence electrons. The van der Waals surface area contributed by atoms with Crippen LogP contribution in [0.25, 0.3) is 11.1 Å². The Kier molecular flexibility index (Phi) is 13.0. The zero-order chi connectivity index (χ0) is 38.6. The SMILES string of the molecule is O=C(Nc1ccccc1)N(Cc1ccccc1-c1cccc(CNCc2ccc3c(c2)OCO3)c1)C1CCN(Cc2ccccc2)CC1.O=C(O)C(F)(F)F. The zero-order valence-corrected chi connectivity index (χ0v) is 30.2. The Bertz CT molecular complexity index is 2020. The Morgan fingerprint density at radius 2 is 1.36 bits per heavy atom. The fourth-order valence-corrected chi connectivity index (χ4v) is 6.69. The molecule has 2 aliphatic rings. The molecule has 1 fully saturated rings. The van der Waals surface area contributed by atoms with Crippen molar-refractivity contribution in [2.75, 3.05) is 25.2 Å². The summed E-state index contributed by atoms with van der Waals surface area (Å²) in [4.78, 5) is 27.4. The molecule has 0 aliphatic carbocycles. The molecule has 12 heteroatoms. The molecule has 0 saturated carbocycles. The van der Waals surface area contributed by atoms with Crippen LogP contribution in [0.5, 0.6) is 11.5 Å². The standard InChI is InChI=1S/C41H42N4O3.C2HF3O2/c46-41(43-36-15-5-2-6-16-36)45(37-20-22-44(23-21-37)28-31-10-3-1-4-11-31)29-35-13-7-8-17-38(35)34-14-9-12-32(24-34)26-42-27-33-18-19-39-40(25-33)48-30-47-39;3-2(4,5)1(6)7/h1-19,24-25,37,42H,20-23,26-30H2,(H,43,46);(H,6,7). The van der Waals surface area contributed by atoms with Crippen molar-refractivity contribution in [1.82, 2.24) is 15.1 Å². The predicted octanol–water partition coefficient (Wildman–Crippen LogP) is 8.70. The lowest BCUT2D eigenvalue weighted by atomic mass is 9.96. The van der Waals surface area contributed by atoms with E-state index >= 15 is 0 Å². The number of carboxylic acids is 1. The average molecular weight is 753 g/mol. The van der Waals surface area contributed by atoms with Gasteiger partial charge in [0.15, 0.2) is 11.5 Å². The number of nitrogens with one attached hydrogen (secondary N) is 2. The number of ether oxygens (including phenoxy) is 2. The van der Waals surface area contributed by atoms with Gasteiger partial charge in [0.1, 0.15) is 0 Å². The first-order valence-corrected chi connectivity index (χ1v) is 18.1. The zero-order valence-electron chi connectivity index (χ0n) is 30.2. The number of carboxylic acid groups (broad SMARTS) is 1. The van der Waals surface area contributed by atoms with Crippen molar-refractivity contribution < 1.29 is 37.3 Å². The van der Waals surface area contributed by atoms with Crippen molar-refractivity contribution in [1.29, 1.82) is 0 Å². The fourth-order valence-electron chi connectivity index (χ4n) is 6.69. The molecule has 55 heavy (non-hydrogen) atoms. The van der Waals surface area contributed by atoms with E-state index in [0.29, 0.717) is 6.54 Å². The number of halogens is 3. The molecule has 3 N–H and O–H groups in total. The Labute approximate surface area is 318 Å². The normalized spacial score (nSPS) is 14.1. The van der Waals surface area contributed by atoms with Gasteiger partial charge in [-0.15, -0.1) is 0 Å². The van der Waals surface area contributed by atoms with Gasteiger partial charge in [-0.3, -0.25) is 4.90 Å². The maximum Gasteiger partial charge on any atom is 0.490 e. The molecule has 5 aromatic carbocycles. The number of alkyl halides is 3. The van der Waals surface area contributed by atoms with Crippen molar-refractivity contribution in [2.24, 2.45) is 0 Å². The van der Waals surface area contributed by atoms with E-state index in [1.807, 2.05) is 42.5 Å². The number of benzene rings is 5. The number of likely N-dealkylation sites (tertiary alicyclic amines) is 1. The summed E-state index contributed by atoms with van der Waals surface area (Å²) in [7, 11) is 0. The van der Waals surface area contributed by atoms with Crippen LogP contribution in [0.1, 0.15) is 35.1 Å². The van der Waals surface area contributed by atoms with Crippen molar-refractivity contribution in [2.45, 2.75) is 51.2 Å². The number of hydrogen-bond acceptors (Lipinski definition) is 6. The van der Waals surface area contributed by atoms with Crippen molar-refractivity contribution in [3.8, 4) is 22.6 Å². The number of anilines is 1. The van der Waals surface area contributed by atoms with Crippen LogP contribution in [0.15, 0.2) is 127 Å². The maximum absolute atomic E-state index is 14.0. The van der Waals surface area contributed by atoms with Gasteiger partial charge in [-0.1, -0.05) is 97.1 Å². The lowest BCUT2D eigenvalue weighted by Crippen LogP contribution is -2.48. The van der Waals surface area contributed by atoms with Crippen LogP contribution in [-0.4, -0.2) is 59.0 Å². The van der Waals surface area contributed by atoms with Gasteiger partial charge < -0.3 is 30.1 Å². The van der Waals surface area contributed by atoms with E-state index in [1.165, 1.54) is 11.1 Å². The van der Waals surface area contributed by atoms with Gasteiger partial charge in [-0.25, -0.2) is 9.59 Å². The highest BCUT2D eigenvalue weighted by atomic mass is 19.4. The van der Waals surface area contributed by atoms with E-state index in [0.717, 1.165) is 85.0 Å².